The van der Waals surface area contributed by atoms with Crippen LogP contribution < -0.4 is 0 Å². The number of carbonyl (C=O) groups is 1. The van der Waals surface area contributed by atoms with Gasteiger partial charge in [0.25, 0.3) is 0 Å². The molecule has 0 radical (unpaired) electrons. The number of fused-ring (bicyclic) bond motifs is 5. The molecule has 4 rings (SSSR count). The molecule has 3 saturated carbocycles. The Hall–Kier alpha value is -0.890. The molecule has 0 bridgehead atoms. The van der Waals surface area contributed by atoms with Crippen LogP contribution in [-0.4, -0.2) is 17.0 Å². The largest absolute Gasteiger partial charge is 0.393 e. The Bertz CT molecular complexity index is 560. The fourth-order valence-electron chi connectivity index (χ4n) is 6.88. The summed E-state index contributed by atoms with van der Waals surface area (Å²) >= 11 is 0. The molecule has 0 amide bonds. The number of hydrogen-bond donors (Lipinski definition) is 1. The van der Waals surface area contributed by atoms with E-state index in [1.165, 1.54) is 24.0 Å². The lowest BCUT2D eigenvalue weighted by molar-refractivity contribution is -0.115. The second kappa shape index (κ2) is 5.58. The average molecular weight is 314 g/mol. The number of hydrogen-bond acceptors (Lipinski definition) is 2. The summed E-state index contributed by atoms with van der Waals surface area (Å²) in [6.45, 7) is 6.76. The van der Waals surface area contributed by atoms with Gasteiger partial charge in [-0.15, -0.1) is 0 Å². The van der Waals surface area contributed by atoms with Crippen molar-refractivity contribution in [1.29, 1.82) is 0 Å². The minimum atomic E-state index is -0.130. The first-order chi connectivity index (χ1) is 11.1. The topological polar surface area (TPSA) is 37.3 Å². The molecule has 2 heteroatoms. The van der Waals surface area contributed by atoms with Crippen molar-refractivity contribution in [3.05, 3.63) is 23.8 Å². The second-order valence-corrected chi connectivity index (χ2v) is 8.58. The Morgan fingerprint density at radius 1 is 1.26 bits per heavy atom. The van der Waals surface area contributed by atoms with Gasteiger partial charge < -0.3 is 5.11 Å². The van der Waals surface area contributed by atoms with Gasteiger partial charge in [-0.1, -0.05) is 31.1 Å². The van der Waals surface area contributed by atoms with Gasteiger partial charge in [-0.25, -0.2) is 0 Å². The minimum Gasteiger partial charge on any atom is -0.393 e. The molecule has 2 nitrogen and oxygen atoms in total. The second-order valence-electron chi connectivity index (χ2n) is 8.58. The van der Waals surface area contributed by atoms with Crippen molar-refractivity contribution < 1.29 is 9.90 Å². The molecule has 23 heavy (non-hydrogen) atoms. The Morgan fingerprint density at radius 3 is 2.87 bits per heavy atom. The standard InChI is InChI=1S/C21H30O2/c1-3-10-21-12-13(2)20-16-7-5-15(22)11-14(16)4-6-17(20)18(21)8-9-19(21)23/h11,16-20,23H,2-10,12H2,1H3/t16?,17?,18-,19?,20+,21?/m0/s1. The first-order valence-electron chi connectivity index (χ1n) is 9.66. The third kappa shape index (κ3) is 2.21. The van der Waals surface area contributed by atoms with Crippen LogP contribution >= 0.6 is 0 Å². The molecule has 4 aliphatic rings. The highest BCUT2D eigenvalue weighted by Crippen LogP contribution is 2.64. The Labute approximate surface area is 140 Å². The maximum absolute atomic E-state index is 11.8. The van der Waals surface area contributed by atoms with Crippen LogP contribution in [0.4, 0.5) is 0 Å². The van der Waals surface area contributed by atoms with Crippen LogP contribution in [0.25, 0.3) is 0 Å². The molecule has 0 aromatic carbocycles. The zero-order chi connectivity index (χ0) is 16.2. The predicted octanol–water partition coefficient (Wildman–Crippen LogP) is 4.44. The summed E-state index contributed by atoms with van der Waals surface area (Å²) in [5, 5.41) is 10.8. The summed E-state index contributed by atoms with van der Waals surface area (Å²) in [5.74, 6) is 2.83. The van der Waals surface area contributed by atoms with Gasteiger partial charge in [-0.2, -0.15) is 0 Å². The maximum atomic E-state index is 11.8. The van der Waals surface area contributed by atoms with Gasteiger partial charge in [-0.05, 0) is 74.7 Å². The third-order valence-electron chi connectivity index (χ3n) is 7.60. The highest BCUT2D eigenvalue weighted by molar-refractivity contribution is 5.91. The van der Waals surface area contributed by atoms with Crippen molar-refractivity contribution in [2.24, 2.45) is 29.1 Å². The highest BCUT2D eigenvalue weighted by Gasteiger charge is 2.58. The summed E-state index contributed by atoms with van der Waals surface area (Å²) < 4.78 is 0. The van der Waals surface area contributed by atoms with Gasteiger partial charge in [0.1, 0.15) is 0 Å². The van der Waals surface area contributed by atoms with Gasteiger partial charge in [0, 0.05) is 11.8 Å². The lowest BCUT2D eigenvalue weighted by Crippen LogP contribution is -2.49. The van der Waals surface area contributed by atoms with E-state index in [2.05, 4.69) is 13.5 Å². The molecule has 0 heterocycles. The van der Waals surface area contributed by atoms with E-state index in [0.717, 1.165) is 44.9 Å². The monoisotopic (exact) mass is 314 g/mol. The molecule has 6 atom stereocenters. The predicted molar refractivity (Wildman–Crippen MR) is 91.9 cm³/mol. The van der Waals surface area contributed by atoms with Gasteiger partial charge >= 0.3 is 0 Å². The number of aliphatic hydroxyl groups is 1. The van der Waals surface area contributed by atoms with Crippen molar-refractivity contribution in [2.45, 2.75) is 70.8 Å². The van der Waals surface area contributed by atoms with E-state index in [1.807, 2.05) is 6.08 Å². The number of rotatable bonds is 2. The molecule has 1 N–H and O–H groups in total. The molecule has 0 aromatic heterocycles. The van der Waals surface area contributed by atoms with Gasteiger partial charge in [-0.3, -0.25) is 4.79 Å². The molecule has 0 aromatic rings. The summed E-state index contributed by atoms with van der Waals surface area (Å²) in [4.78, 5) is 11.8. The zero-order valence-electron chi connectivity index (χ0n) is 14.4. The number of carbonyl (C=O) groups excluding carboxylic acids is 1. The van der Waals surface area contributed by atoms with E-state index in [0.29, 0.717) is 29.5 Å². The first kappa shape index (κ1) is 15.6. The van der Waals surface area contributed by atoms with E-state index in [-0.39, 0.29) is 11.5 Å². The van der Waals surface area contributed by atoms with Crippen molar-refractivity contribution in [1.82, 2.24) is 0 Å². The average Bonchev–Trinajstić information content (AvgIpc) is 2.84. The van der Waals surface area contributed by atoms with Crippen LogP contribution in [0.5, 0.6) is 0 Å². The van der Waals surface area contributed by atoms with E-state index in [4.69, 9.17) is 0 Å². The molecule has 0 aliphatic heterocycles. The normalized spacial score (nSPS) is 46.0. The molecule has 4 unspecified atom stereocenters. The van der Waals surface area contributed by atoms with Crippen LogP contribution in [0.3, 0.4) is 0 Å². The van der Waals surface area contributed by atoms with Crippen molar-refractivity contribution in [3.8, 4) is 0 Å². The molecule has 4 aliphatic carbocycles. The fourth-order valence-corrected chi connectivity index (χ4v) is 6.88. The molecular weight excluding hydrogens is 284 g/mol. The van der Waals surface area contributed by atoms with Gasteiger partial charge in [0.2, 0.25) is 0 Å². The summed E-state index contributed by atoms with van der Waals surface area (Å²) in [6.07, 6.45) is 11.4. The van der Waals surface area contributed by atoms with Crippen LogP contribution in [0.15, 0.2) is 23.8 Å². The molecule has 126 valence electrons. The summed E-state index contributed by atoms with van der Waals surface area (Å²) in [5.41, 5.74) is 2.90. The van der Waals surface area contributed by atoms with Crippen molar-refractivity contribution in [2.75, 3.05) is 0 Å². The molecular formula is C21H30O2. The maximum Gasteiger partial charge on any atom is 0.155 e. The minimum absolute atomic E-state index is 0.110. The van der Waals surface area contributed by atoms with Crippen LogP contribution in [0.2, 0.25) is 0 Å². The lowest BCUT2D eigenvalue weighted by atomic mass is 9.49. The molecule has 0 saturated heterocycles. The van der Waals surface area contributed by atoms with E-state index in [9.17, 15) is 9.90 Å². The molecule has 3 fully saturated rings. The number of allylic oxidation sites excluding steroid dienone is 2. The Balaban J connectivity index is 1.69. The van der Waals surface area contributed by atoms with Crippen molar-refractivity contribution in [3.63, 3.8) is 0 Å². The third-order valence-corrected chi connectivity index (χ3v) is 7.60. The first-order valence-corrected chi connectivity index (χ1v) is 9.66. The van der Waals surface area contributed by atoms with Crippen LogP contribution in [-0.2, 0) is 4.79 Å². The van der Waals surface area contributed by atoms with Crippen LogP contribution in [0.1, 0.15) is 64.7 Å². The van der Waals surface area contributed by atoms with Crippen molar-refractivity contribution >= 4 is 5.78 Å². The van der Waals surface area contributed by atoms with Gasteiger partial charge in [0.15, 0.2) is 5.78 Å². The van der Waals surface area contributed by atoms with E-state index >= 15 is 0 Å². The fraction of sp³-hybridized carbons (Fsp3) is 0.762. The lowest BCUT2D eigenvalue weighted by Gasteiger charge is -2.55. The number of aliphatic hydroxyl groups excluding tert-OH is 1. The quantitative estimate of drug-likeness (QED) is 0.765. The number of ketones is 1. The Morgan fingerprint density at radius 2 is 2.09 bits per heavy atom. The Kier molecular flexibility index (Phi) is 3.79. The SMILES string of the molecule is C=C1CC2(CCC)C(O)CC[C@H]2C2CCC3=CC(=O)CCC3[C@@H]12. The summed E-state index contributed by atoms with van der Waals surface area (Å²) in [7, 11) is 0. The van der Waals surface area contributed by atoms with E-state index < -0.39 is 0 Å². The smallest absolute Gasteiger partial charge is 0.155 e. The molecule has 0 spiro atoms. The van der Waals surface area contributed by atoms with Gasteiger partial charge in [0.05, 0.1) is 6.10 Å². The highest BCUT2D eigenvalue weighted by atomic mass is 16.3. The zero-order valence-corrected chi connectivity index (χ0v) is 14.4. The summed E-state index contributed by atoms with van der Waals surface area (Å²) in [6, 6.07) is 0. The van der Waals surface area contributed by atoms with Crippen LogP contribution in [0, 0.1) is 29.1 Å². The van der Waals surface area contributed by atoms with E-state index in [1.54, 1.807) is 0 Å².